The van der Waals surface area contributed by atoms with Gasteiger partial charge in [0, 0.05) is 6.54 Å². The van der Waals surface area contributed by atoms with Crippen molar-refractivity contribution < 1.29 is 9.50 Å². The van der Waals surface area contributed by atoms with E-state index in [-0.39, 0.29) is 5.75 Å². The van der Waals surface area contributed by atoms with Crippen molar-refractivity contribution in [2.45, 2.75) is 19.9 Å². The molecule has 19 heavy (non-hydrogen) atoms. The van der Waals surface area contributed by atoms with Crippen molar-refractivity contribution in [2.24, 2.45) is 0 Å². The van der Waals surface area contributed by atoms with E-state index in [1.807, 2.05) is 12.1 Å². The monoisotopic (exact) mass is 259 g/mol. The second-order valence-corrected chi connectivity index (χ2v) is 4.64. The fourth-order valence-corrected chi connectivity index (χ4v) is 2.01. The van der Waals surface area contributed by atoms with E-state index < -0.39 is 5.82 Å². The normalized spacial score (nSPS) is 10.6. The molecule has 2 rings (SSSR count). The molecule has 0 fully saturated rings. The van der Waals surface area contributed by atoms with Crippen LogP contribution >= 0.6 is 0 Å². The largest absolute Gasteiger partial charge is 0.505 e. The molecule has 3 heteroatoms. The lowest BCUT2D eigenvalue weighted by Gasteiger charge is -2.07. The highest BCUT2D eigenvalue weighted by Crippen LogP contribution is 2.15. The van der Waals surface area contributed by atoms with Gasteiger partial charge in [-0.1, -0.05) is 30.3 Å². The van der Waals surface area contributed by atoms with E-state index in [9.17, 15) is 4.39 Å². The predicted octanol–water partition coefficient (Wildman–Crippen LogP) is 3.17. The Morgan fingerprint density at radius 2 is 1.95 bits per heavy atom. The molecular weight excluding hydrogens is 241 g/mol. The first-order valence-electron chi connectivity index (χ1n) is 6.39. The molecule has 2 aromatic rings. The van der Waals surface area contributed by atoms with Gasteiger partial charge in [0.2, 0.25) is 0 Å². The third-order valence-electron chi connectivity index (χ3n) is 3.17. The van der Waals surface area contributed by atoms with E-state index in [1.165, 1.54) is 23.3 Å². The zero-order valence-electron chi connectivity index (χ0n) is 11.0. The van der Waals surface area contributed by atoms with E-state index in [0.717, 1.165) is 18.5 Å². The van der Waals surface area contributed by atoms with E-state index in [1.54, 1.807) is 6.07 Å². The lowest BCUT2D eigenvalue weighted by Crippen LogP contribution is -2.17. The number of aryl methyl sites for hydroxylation is 1. The molecule has 2 nitrogen and oxygen atoms in total. The molecule has 0 heterocycles. The van der Waals surface area contributed by atoms with Crippen molar-refractivity contribution in [3.63, 3.8) is 0 Å². The number of hydrogen-bond acceptors (Lipinski definition) is 2. The summed E-state index contributed by atoms with van der Waals surface area (Å²) in [4.78, 5) is 0. The number of nitrogens with one attached hydrogen (secondary N) is 1. The van der Waals surface area contributed by atoms with Crippen LogP contribution in [0.3, 0.4) is 0 Å². The molecule has 0 radical (unpaired) electrons. The minimum Gasteiger partial charge on any atom is -0.505 e. The Labute approximate surface area is 112 Å². The second-order valence-electron chi connectivity index (χ2n) is 4.64. The van der Waals surface area contributed by atoms with Gasteiger partial charge in [-0.25, -0.2) is 4.39 Å². The van der Waals surface area contributed by atoms with E-state index in [4.69, 9.17) is 5.11 Å². The Morgan fingerprint density at radius 3 is 2.68 bits per heavy atom. The molecule has 0 aromatic heterocycles. The molecule has 0 aliphatic rings. The number of halogens is 1. The van der Waals surface area contributed by atoms with Crippen molar-refractivity contribution >= 4 is 0 Å². The molecule has 2 N–H and O–H groups in total. The summed E-state index contributed by atoms with van der Waals surface area (Å²) in [5, 5.41) is 12.4. The van der Waals surface area contributed by atoms with Crippen molar-refractivity contribution in [1.82, 2.24) is 5.32 Å². The van der Waals surface area contributed by atoms with Crippen LogP contribution in [0.2, 0.25) is 0 Å². The van der Waals surface area contributed by atoms with Crippen molar-refractivity contribution in [1.29, 1.82) is 0 Å². The van der Waals surface area contributed by atoms with Crippen LogP contribution in [0, 0.1) is 12.7 Å². The van der Waals surface area contributed by atoms with Gasteiger partial charge in [-0.05, 0) is 48.7 Å². The molecule has 0 aliphatic carbocycles. The van der Waals surface area contributed by atoms with Gasteiger partial charge in [0.25, 0.3) is 0 Å². The number of hydrogen-bond donors (Lipinski definition) is 2. The van der Waals surface area contributed by atoms with E-state index >= 15 is 0 Å². The summed E-state index contributed by atoms with van der Waals surface area (Å²) in [5.74, 6) is -0.873. The molecule has 0 aliphatic heterocycles. The molecule has 0 atom stereocenters. The highest BCUT2D eigenvalue weighted by atomic mass is 19.1. The van der Waals surface area contributed by atoms with Crippen LogP contribution in [0.4, 0.5) is 4.39 Å². The average Bonchev–Trinajstić information content (AvgIpc) is 2.40. The number of aromatic hydroxyl groups is 1. The van der Waals surface area contributed by atoms with Crippen LogP contribution in [0.15, 0.2) is 42.5 Å². The summed E-state index contributed by atoms with van der Waals surface area (Å²) >= 11 is 0. The maximum Gasteiger partial charge on any atom is 0.165 e. The summed E-state index contributed by atoms with van der Waals surface area (Å²) in [7, 11) is 0. The topological polar surface area (TPSA) is 32.3 Å². The van der Waals surface area contributed by atoms with Crippen LogP contribution < -0.4 is 5.32 Å². The van der Waals surface area contributed by atoms with Gasteiger partial charge < -0.3 is 10.4 Å². The van der Waals surface area contributed by atoms with E-state index in [2.05, 4.69) is 24.4 Å². The van der Waals surface area contributed by atoms with Gasteiger partial charge in [0.1, 0.15) is 0 Å². The Balaban J connectivity index is 1.81. The number of phenolic OH excluding ortho intramolecular Hbond substituents is 1. The zero-order valence-corrected chi connectivity index (χ0v) is 11.0. The summed E-state index contributed by atoms with van der Waals surface area (Å²) < 4.78 is 13.1. The maximum absolute atomic E-state index is 13.1. The third kappa shape index (κ3) is 3.80. The molecule has 2 aromatic carbocycles. The number of benzene rings is 2. The van der Waals surface area contributed by atoms with Gasteiger partial charge in [0.05, 0.1) is 0 Å². The van der Waals surface area contributed by atoms with Crippen LogP contribution in [-0.4, -0.2) is 11.7 Å². The fourth-order valence-electron chi connectivity index (χ4n) is 2.01. The maximum atomic E-state index is 13.1. The molecule has 0 unspecified atom stereocenters. The SMILES string of the molecule is Cc1ccccc1CCNCc1ccc(O)c(F)c1. The van der Waals surface area contributed by atoms with Gasteiger partial charge in [-0.15, -0.1) is 0 Å². The van der Waals surface area contributed by atoms with Crippen LogP contribution in [-0.2, 0) is 13.0 Å². The Bertz CT molecular complexity index is 554. The number of rotatable bonds is 5. The van der Waals surface area contributed by atoms with Gasteiger partial charge >= 0.3 is 0 Å². The zero-order chi connectivity index (χ0) is 13.7. The Morgan fingerprint density at radius 1 is 1.16 bits per heavy atom. The Hall–Kier alpha value is -1.87. The molecule has 0 amide bonds. The van der Waals surface area contributed by atoms with Gasteiger partial charge in [0.15, 0.2) is 11.6 Å². The molecule has 0 saturated carbocycles. The summed E-state index contributed by atoms with van der Waals surface area (Å²) in [6.07, 6.45) is 0.952. The molecule has 0 spiro atoms. The lowest BCUT2D eigenvalue weighted by atomic mass is 10.1. The van der Waals surface area contributed by atoms with Crippen LogP contribution in [0.5, 0.6) is 5.75 Å². The predicted molar refractivity (Wildman–Crippen MR) is 74.7 cm³/mol. The van der Waals surface area contributed by atoms with E-state index in [0.29, 0.717) is 6.54 Å². The first-order valence-corrected chi connectivity index (χ1v) is 6.39. The average molecular weight is 259 g/mol. The van der Waals surface area contributed by atoms with Crippen molar-refractivity contribution in [2.75, 3.05) is 6.54 Å². The van der Waals surface area contributed by atoms with Crippen LogP contribution in [0.25, 0.3) is 0 Å². The summed E-state index contributed by atoms with van der Waals surface area (Å²) in [6.45, 7) is 3.54. The molecular formula is C16H18FNO. The summed E-state index contributed by atoms with van der Waals surface area (Å²) in [5.41, 5.74) is 3.45. The standard InChI is InChI=1S/C16H18FNO/c1-12-4-2-3-5-14(12)8-9-18-11-13-6-7-16(19)15(17)10-13/h2-7,10,18-19H,8-9,11H2,1H3. The first kappa shape index (κ1) is 13.6. The highest BCUT2D eigenvalue weighted by molar-refractivity contribution is 5.28. The smallest absolute Gasteiger partial charge is 0.165 e. The van der Waals surface area contributed by atoms with Gasteiger partial charge in [-0.3, -0.25) is 0 Å². The molecule has 0 saturated heterocycles. The lowest BCUT2D eigenvalue weighted by molar-refractivity contribution is 0.431. The Kier molecular flexibility index (Phi) is 4.53. The molecule has 0 bridgehead atoms. The number of phenols is 1. The van der Waals surface area contributed by atoms with Crippen molar-refractivity contribution in [3.05, 3.63) is 65.0 Å². The molecule has 100 valence electrons. The minimum atomic E-state index is -0.571. The van der Waals surface area contributed by atoms with Crippen LogP contribution in [0.1, 0.15) is 16.7 Å². The third-order valence-corrected chi connectivity index (χ3v) is 3.17. The highest BCUT2D eigenvalue weighted by Gasteiger charge is 2.01. The van der Waals surface area contributed by atoms with Crippen molar-refractivity contribution in [3.8, 4) is 5.75 Å². The summed E-state index contributed by atoms with van der Waals surface area (Å²) in [6, 6.07) is 12.8. The first-order chi connectivity index (χ1) is 9.16. The van der Waals surface area contributed by atoms with Gasteiger partial charge in [-0.2, -0.15) is 0 Å². The minimum absolute atomic E-state index is 0.302. The quantitative estimate of drug-likeness (QED) is 0.808. The fraction of sp³-hybridized carbons (Fsp3) is 0.250. The second kappa shape index (κ2) is 6.34.